The number of fused-ring (bicyclic) bond motifs is 1. The molecule has 0 aliphatic heterocycles. The Bertz CT molecular complexity index is 981. The van der Waals surface area contributed by atoms with Crippen molar-refractivity contribution in [1.29, 1.82) is 5.26 Å². The molecule has 1 heterocycles. The molecule has 2 N–H and O–H groups in total. The SMILES string of the molecule is Cc1c(C(=O)N/N=C\c2ccc(C#N)cc2)[nH]c2cccc(Cl)c12. The first-order valence-corrected chi connectivity index (χ1v) is 7.58. The monoisotopic (exact) mass is 336 g/mol. The molecule has 1 amide bonds. The maximum atomic E-state index is 12.3. The Balaban J connectivity index is 1.78. The Morgan fingerprint density at radius 1 is 1.29 bits per heavy atom. The molecule has 3 rings (SSSR count). The van der Waals surface area contributed by atoms with Crippen LogP contribution in [-0.4, -0.2) is 17.1 Å². The molecule has 0 radical (unpaired) electrons. The van der Waals surface area contributed by atoms with E-state index in [1.54, 1.807) is 30.3 Å². The number of hydrogen-bond acceptors (Lipinski definition) is 3. The Morgan fingerprint density at radius 2 is 2.04 bits per heavy atom. The topological polar surface area (TPSA) is 81.0 Å². The van der Waals surface area contributed by atoms with Crippen molar-refractivity contribution in [2.45, 2.75) is 6.92 Å². The quantitative estimate of drug-likeness (QED) is 0.564. The maximum Gasteiger partial charge on any atom is 0.288 e. The van der Waals surface area contributed by atoms with Crippen LogP contribution in [0.4, 0.5) is 0 Å². The number of nitrogens with one attached hydrogen (secondary N) is 2. The molecule has 0 bridgehead atoms. The average molecular weight is 337 g/mol. The molecular weight excluding hydrogens is 324 g/mol. The lowest BCUT2D eigenvalue weighted by atomic mass is 10.1. The van der Waals surface area contributed by atoms with Gasteiger partial charge in [0.15, 0.2) is 0 Å². The number of carbonyl (C=O) groups is 1. The van der Waals surface area contributed by atoms with Gasteiger partial charge in [0, 0.05) is 10.9 Å². The number of halogens is 1. The smallest absolute Gasteiger partial charge is 0.288 e. The van der Waals surface area contributed by atoms with Crippen LogP contribution in [0, 0.1) is 18.3 Å². The summed E-state index contributed by atoms with van der Waals surface area (Å²) in [7, 11) is 0. The number of carbonyl (C=O) groups excluding carboxylic acids is 1. The molecule has 24 heavy (non-hydrogen) atoms. The van der Waals surface area contributed by atoms with E-state index in [0.717, 1.165) is 22.0 Å². The Hall–Kier alpha value is -3.10. The predicted molar refractivity (Wildman–Crippen MR) is 94.3 cm³/mol. The minimum absolute atomic E-state index is 0.343. The van der Waals surface area contributed by atoms with Gasteiger partial charge in [-0.25, -0.2) is 5.43 Å². The van der Waals surface area contributed by atoms with Crippen molar-refractivity contribution in [1.82, 2.24) is 10.4 Å². The largest absolute Gasteiger partial charge is 0.350 e. The second kappa shape index (κ2) is 6.57. The van der Waals surface area contributed by atoms with Crippen LogP contribution in [-0.2, 0) is 0 Å². The van der Waals surface area contributed by atoms with Crippen molar-refractivity contribution in [3.05, 3.63) is 69.9 Å². The number of nitrogens with zero attached hydrogens (tertiary/aromatic N) is 2. The molecule has 0 saturated heterocycles. The van der Waals surface area contributed by atoms with Crippen LogP contribution in [0.15, 0.2) is 47.6 Å². The summed E-state index contributed by atoms with van der Waals surface area (Å²) in [6.45, 7) is 1.84. The lowest BCUT2D eigenvalue weighted by molar-refractivity contribution is 0.0950. The minimum atomic E-state index is -0.343. The standard InChI is InChI=1S/C18H13ClN4O/c1-11-16-14(19)3-2-4-15(16)22-17(11)18(24)23-21-10-13-7-5-12(9-20)6-8-13/h2-8,10,22H,1H3,(H,23,24)/b21-10-. The van der Waals surface area contributed by atoms with Crippen LogP contribution in [0.5, 0.6) is 0 Å². The molecule has 118 valence electrons. The highest BCUT2D eigenvalue weighted by Crippen LogP contribution is 2.28. The van der Waals surface area contributed by atoms with Crippen molar-refractivity contribution in [3.8, 4) is 6.07 Å². The van der Waals surface area contributed by atoms with Crippen molar-refractivity contribution in [2.75, 3.05) is 0 Å². The van der Waals surface area contributed by atoms with E-state index >= 15 is 0 Å². The van der Waals surface area contributed by atoms with Gasteiger partial charge in [-0.05, 0) is 42.3 Å². The van der Waals surface area contributed by atoms with Crippen molar-refractivity contribution in [3.63, 3.8) is 0 Å². The van der Waals surface area contributed by atoms with E-state index in [9.17, 15) is 4.79 Å². The zero-order chi connectivity index (χ0) is 17.1. The van der Waals surface area contributed by atoms with Crippen LogP contribution in [0.1, 0.15) is 27.2 Å². The number of benzene rings is 2. The first-order chi connectivity index (χ1) is 11.6. The molecule has 0 aliphatic carbocycles. The molecule has 0 unspecified atom stereocenters. The third-order valence-corrected chi connectivity index (χ3v) is 3.98. The summed E-state index contributed by atoms with van der Waals surface area (Å²) in [5.41, 5.74) is 5.85. The van der Waals surface area contributed by atoms with E-state index in [-0.39, 0.29) is 5.91 Å². The van der Waals surface area contributed by atoms with E-state index < -0.39 is 0 Å². The third-order valence-electron chi connectivity index (χ3n) is 3.67. The van der Waals surface area contributed by atoms with Gasteiger partial charge >= 0.3 is 0 Å². The van der Waals surface area contributed by atoms with E-state index in [2.05, 4.69) is 15.5 Å². The summed E-state index contributed by atoms with van der Waals surface area (Å²) in [6, 6.07) is 14.4. The van der Waals surface area contributed by atoms with Crippen molar-refractivity contribution < 1.29 is 4.79 Å². The summed E-state index contributed by atoms with van der Waals surface area (Å²) in [5, 5.41) is 14.1. The summed E-state index contributed by atoms with van der Waals surface area (Å²) in [4.78, 5) is 15.4. The number of amides is 1. The maximum absolute atomic E-state index is 12.3. The predicted octanol–water partition coefficient (Wildman–Crippen LogP) is 3.77. The highest BCUT2D eigenvalue weighted by molar-refractivity contribution is 6.36. The first kappa shape index (κ1) is 15.8. The van der Waals surface area contributed by atoms with Crippen LogP contribution >= 0.6 is 11.6 Å². The summed E-state index contributed by atoms with van der Waals surface area (Å²) < 4.78 is 0. The van der Waals surface area contributed by atoms with Gasteiger partial charge in [0.2, 0.25) is 0 Å². The number of rotatable bonds is 3. The van der Waals surface area contributed by atoms with Crippen LogP contribution in [0.25, 0.3) is 10.9 Å². The zero-order valence-corrected chi connectivity index (χ0v) is 13.6. The average Bonchev–Trinajstić information content (AvgIpc) is 2.93. The zero-order valence-electron chi connectivity index (χ0n) is 12.8. The number of hydrazone groups is 1. The molecule has 5 nitrogen and oxygen atoms in total. The van der Waals surface area contributed by atoms with Gasteiger partial charge in [-0.2, -0.15) is 10.4 Å². The number of nitriles is 1. The summed E-state index contributed by atoms with van der Waals surface area (Å²) in [5.74, 6) is -0.343. The Kier molecular flexibility index (Phi) is 4.32. The van der Waals surface area contributed by atoms with Crippen LogP contribution < -0.4 is 5.43 Å². The van der Waals surface area contributed by atoms with E-state index in [4.69, 9.17) is 16.9 Å². The lowest BCUT2D eigenvalue weighted by Crippen LogP contribution is -2.18. The second-order valence-electron chi connectivity index (χ2n) is 5.22. The highest BCUT2D eigenvalue weighted by atomic mass is 35.5. The number of aromatic amines is 1. The molecule has 0 fully saturated rings. The number of aryl methyl sites for hydroxylation is 1. The highest BCUT2D eigenvalue weighted by Gasteiger charge is 2.15. The number of H-pyrrole nitrogens is 1. The van der Waals surface area contributed by atoms with Gasteiger partial charge in [-0.3, -0.25) is 4.79 Å². The summed E-state index contributed by atoms with van der Waals surface area (Å²) >= 11 is 6.19. The fraction of sp³-hybridized carbons (Fsp3) is 0.0556. The van der Waals surface area contributed by atoms with Gasteiger partial charge in [0.25, 0.3) is 5.91 Å². The van der Waals surface area contributed by atoms with Gasteiger partial charge < -0.3 is 4.98 Å². The summed E-state index contributed by atoms with van der Waals surface area (Å²) in [6.07, 6.45) is 1.52. The Morgan fingerprint density at radius 3 is 2.71 bits per heavy atom. The molecule has 2 aromatic carbocycles. The van der Waals surface area contributed by atoms with Crippen LogP contribution in [0.3, 0.4) is 0 Å². The molecule has 0 saturated carbocycles. The molecule has 0 spiro atoms. The number of hydrogen-bond donors (Lipinski definition) is 2. The molecule has 3 aromatic rings. The first-order valence-electron chi connectivity index (χ1n) is 7.20. The minimum Gasteiger partial charge on any atom is -0.350 e. The van der Waals surface area contributed by atoms with Gasteiger partial charge in [0.1, 0.15) is 5.69 Å². The van der Waals surface area contributed by atoms with Gasteiger partial charge in [-0.1, -0.05) is 29.8 Å². The van der Waals surface area contributed by atoms with Gasteiger partial charge in [-0.15, -0.1) is 0 Å². The van der Waals surface area contributed by atoms with Gasteiger partial charge in [0.05, 0.1) is 22.9 Å². The lowest BCUT2D eigenvalue weighted by Gasteiger charge is -1.99. The third kappa shape index (κ3) is 3.00. The molecular formula is C18H13ClN4O. The fourth-order valence-electron chi connectivity index (χ4n) is 2.45. The normalized spacial score (nSPS) is 10.9. The number of aromatic nitrogens is 1. The van der Waals surface area contributed by atoms with Crippen molar-refractivity contribution >= 4 is 34.6 Å². The molecule has 6 heteroatoms. The van der Waals surface area contributed by atoms with Crippen LogP contribution in [0.2, 0.25) is 5.02 Å². The van der Waals surface area contributed by atoms with E-state index in [1.807, 2.05) is 25.1 Å². The fourth-order valence-corrected chi connectivity index (χ4v) is 2.77. The molecule has 1 aromatic heterocycles. The molecule has 0 atom stereocenters. The molecule has 0 aliphatic rings. The van der Waals surface area contributed by atoms with E-state index in [1.165, 1.54) is 6.21 Å². The van der Waals surface area contributed by atoms with E-state index in [0.29, 0.717) is 16.3 Å². The Labute approximate surface area is 143 Å². The second-order valence-corrected chi connectivity index (χ2v) is 5.63. The van der Waals surface area contributed by atoms with Crippen molar-refractivity contribution in [2.24, 2.45) is 5.10 Å².